The lowest BCUT2D eigenvalue weighted by molar-refractivity contribution is -0.143. The van der Waals surface area contributed by atoms with Gasteiger partial charge in [0, 0.05) is 0 Å². The van der Waals surface area contributed by atoms with E-state index in [-0.39, 0.29) is 11.3 Å². The van der Waals surface area contributed by atoms with Crippen LogP contribution in [0.15, 0.2) is 48.5 Å². The summed E-state index contributed by atoms with van der Waals surface area (Å²) in [5.41, 5.74) is 2.12. The van der Waals surface area contributed by atoms with Gasteiger partial charge in [-0.3, -0.25) is 19.7 Å². The highest BCUT2D eigenvalue weighted by Gasteiger charge is 2.61. The van der Waals surface area contributed by atoms with Crippen molar-refractivity contribution in [3.63, 3.8) is 0 Å². The summed E-state index contributed by atoms with van der Waals surface area (Å²) in [4.78, 5) is 38.0. The van der Waals surface area contributed by atoms with Crippen LogP contribution >= 0.6 is 0 Å². The summed E-state index contributed by atoms with van der Waals surface area (Å²) in [6.07, 6.45) is 6.26. The fourth-order valence-corrected chi connectivity index (χ4v) is 7.24. The molecule has 2 aromatic carbocycles. The number of carbonyl (C=O) groups is 3. The molecule has 0 aromatic heterocycles. The van der Waals surface area contributed by atoms with Crippen molar-refractivity contribution in [1.29, 1.82) is 0 Å². The van der Waals surface area contributed by atoms with Gasteiger partial charge in [0.2, 0.25) is 5.91 Å². The first-order valence-corrected chi connectivity index (χ1v) is 10.8. The predicted octanol–water partition coefficient (Wildman–Crippen LogP) is 4.05. The molecule has 4 fully saturated rings. The van der Waals surface area contributed by atoms with Gasteiger partial charge in [-0.2, -0.15) is 0 Å². The highest BCUT2D eigenvalue weighted by Crippen LogP contribution is 2.66. The first kappa shape index (κ1) is 17.9. The number of benzene rings is 2. The van der Waals surface area contributed by atoms with Crippen LogP contribution in [-0.2, 0) is 10.2 Å². The number of hydrogen-bond donors (Lipinski definition) is 2. The van der Waals surface area contributed by atoms with Gasteiger partial charge in [-0.05, 0) is 73.5 Å². The summed E-state index contributed by atoms with van der Waals surface area (Å²) in [6, 6.07) is 15.8. The van der Waals surface area contributed by atoms with Crippen LogP contribution in [0, 0.1) is 17.3 Å². The quantitative estimate of drug-likeness (QED) is 0.764. The third-order valence-corrected chi connectivity index (χ3v) is 7.94. The van der Waals surface area contributed by atoms with E-state index in [0.717, 1.165) is 19.3 Å². The Bertz CT molecular complexity index is 1080. The van der Waals surface area contributed by atoms with Gasteiger partial charge in [0.25, 0.3) is 11.8 Å². The molecule has 5 aliphatic rings. The molecule has 4 aliphatic carbocycles. The summed E-state index contributed by atoms with van der Waals surface area (Å²) in [5.74, 6) is 0.325. The Kier molecular flexibility index (Phi) is 3.59. The maximum atomic E-state index is 13.7. The fourth-order valence-electron chi connectivity index (χ4n) is 7.24. The van der Waals surface area contributed by atoms with Crippen molar-refractivity contribution >= 4 is 23.4 Å². The van der Waals surface area contributed by atoms with Gasteiger partial charge in [-0.25, -0.2) is 0 Å². The smallest absolute Gasteiger partial charge is 0.261 e. The summed E-state index contributed by atoms with van der Waals surface area (Å²) in [5, 5.41) is 5.40. The minimum atomic E-state index is -0.433. The molecule has 30 heavy (non-hydrogen) atoms. The zero-order valence-corrected chi connectivity index (χ0v) is 16.7. The number of anilines is 1. The first-order valence-electron chi connectivity index (χ1n) is 10.8. The van der Waals surface area contributed by atoms with Crippen molar-refractivity contribution in [1.82, 2.24) is 5.32 Å². The zero-order valence-electron chi connectivity index (χ0n) is 16.7. The molecule has 0 saturated heterocycles. The lowest BCUT2D eigenvalue weighted by Gasteiger charge is -2.61. The van der Waals surface area contributed by atoms with E-state index in [9.17, 15) is 14.4 Å². The summed E-state index contributed by atoms with van der Waals surface area (Å²) in [7, 11) is 0. The molecule has 152 valence electrons. The Balaban J connectivity index is 1.36. The van der Waals surface area contributed by atoms with E-state index in [1.807, 2.05) is 0 Å². The second-order valence-electron chi connectivity index (χ2n) is 9.85. The highest BCUT2D eigenvalue weighted by atomic mass is 16.2. The van der Waals surface area contributed by atoms with Crippen LogP contribution in [0.5, 0.6) is 0 Å². The Hall–Kier alpha value is -2.95. The largest absolute Gasteiger partial charge is 0.325 e. The van der Waals surface area contributed by atoms with E-state index >= 15 is 0 Å². The number of fused-ring (bicyclic) bond motifs is 1. The maximum Gasteiger partial charge on any atom is 0.261 e. The van der Waals surface area contributed by atoms with E-state index in [1.165, 1.54) is 24.8 Å². The number of hydrogen-bond acceptors (Lipinski definition) is 3. The van der Waals surface area contributed by atoms with Crippen LogP contribution in [0.2, 0.25) is 0 Å². The molecule has 0 spiro atoms. The van der Waals surface area contributed by atoms with Crippen LogP contribution in [0.1, 0.15) is 64.8 Å². The SMILES string of the molecule is O=C1NC(=O)c2c(NC(=O)C34CC5CC(C3)CC(c3ccccc3)(C5)C4)cccc21. The first-order chi connectivity index (χ1) is 14.5. The molecule has 2 atom stereocenters. The van der Waals surface area contributed by atoms with Crippen molar-refractivity contribution < 1.29 is 14.4 Å². The molecule has 7 rings (SSSR count). The van der Waals surface area contributed by atoms with Crippen molar-refractivity contribution in [2.45, 2.75) is 43.9 Å². The molecule has 4 bridgehead atoms. The van der Waals surface area contributed by atoms with Crippen LogP contribution in [0.25, 0.3) is 0 Å². The van der Waals surface area contributed by atoms with E-state index in [1.54, 1.807) is 18.2 Å². The second-order valence-corrected chi connectivity index (χ2v) is 9.85. The minimum absolute atomic E-state index is 0.0115. The molecule has 0 radical (unpaired) electrons. The van der Waals surface area contributed by atoms with Crippen LogP contribution < -0.4 is 10.6 Å². The lowest BCUT2D eigenvalue weighted by atomic mass is 9.42. The van der Waals surface area contributed by atoms with Crippen LogP contribution in [-0.4, -0.2) is 17.7 Å². The van der Waals surface area contributed by atoms with Crippen LogP contribution in [0.4, 0.5) is 5.69 Å². The van der Waals surface area contributed by atoms with Crippen LogP contribution in [0.3, 0.4) is 0 Å². The Morgan fingerprint density at radius 3 is 2.37 bits per heavy atom. The normalized spacial score (nSPS) is 33.3. The minimum Gasteiger partial charge on any atom is -0.325 e. The molecule has 5 heteroatoms. The highest BCUT2D eigenvalue weighted by molar-refractivity contribution is 6.24. The third-order valence-electron chi connectivity index (χ3n) is 7.94. The number of amides is 3. The Labute approximate surface area is 175 Å². The van der Waals surface area contributed by atoms with Gasteiger partial charge in [-0.1, -0.05) is 36.4 Å². The molecule has 5 nitrogen and oxygen atoms in total. The number of imide groups is 1. The van der Waals surface area contributed by atoms with Crippen molar-refractivity contribution in [3.05, 3.63) is 65.2 Å². The predicted molar refractivity (Wildman–Crippen MR) is 112 cm³/mol. The van der Waals surface area contributed by atoms with Gasteiger partial charge in [0.15, 0.2) is 0 Å². The summed E-state index contributed by atoms with van der Waals surface area (Å²) >= 11 is 0. The molecular weight excluding hydrogens is 376 g/mol. The van der Waals surface area contributed by atoms with E-state index in [2.05, 4.69) is 41.0 Å². The molecule has 1 aliphatic heterocycles. The Morgan fingerprint density at radius 2 is 1.63 bits per heavy atom. The van der Waals surface area contributed by atoms with E-state index in [0.29, 0.717) is 28.7 Å². The van der Waals surface area contributed by atoms with Gasteiger partial charge in [-0.15, -0.1) is 0 Å². The molecule has 2 unspecified atom stereocenters. The van der Waals surface area contributed by atoms with Gasteiger partial charge in [0.05, 0.1) is 22.2 Å². The van der Waals surface area contributed by atoms with Crippen molar-refractivity contribution in [3.8, 4) is 0 Å². The molecule has 2 N–H and O–H groups in total. The topological polar surface area (TPSA) is 75.3 Å². The molecule has 4 saturated carbocycles. The lowest BCUT2D eigenvalue weighted by Crippen LogP contribution is -2.58. The molecule has 2 aromatic rings. The fraction of sp³-hybridized carbons (Fsp3) is 0.400. The summed E-state index contributed by atoms with van der Waals surface area (Å²) < 4.78 is 0. The average Bonchev–Trinajstić information content (AvgIpc) is 3.02. The number of nitrogens with one attached hydrogen (secondary N) is 2. The zero-order chi connectivity index (χ0) is 20.5. The van der Waals surface area contributed by atoms with Gasteiger partial charge in [0.1, 0.15) is 0 Å². The van der Waals surface area contributed by atoms with E-state index in [4.69, 9.17) is 0 Å². The maximum absolute atomic E-state index is 13.7. The number of rotatable bonds is 3. The van der Waals surface area contributed by atoms with Gasteiger partial charge < -0.3 is 5.32 Å². The van der Waals surface area contributed by atoms with E-state index < -0.39 is 17.2 Å². The monoisotopic (exact) mass is 400 g/mol. The standard InChI is InChI=1S/C25H24N2O3/c28-21-18-7-4-8-19(20(18)22(29)27-21)26-23(30)25-12-15-9-16(13-25)11-24(10-15,14-25)17-5-2-1-3-6-17/h1-8,15-16H,9-14H2,(H,26,30)(H,27,28,29). The molecule has 1 heterocycles. The number of carbonyl (C=O) groups excluding carboxylic acids is 3. The average molecular weight is 400 g/mol. The molecule has 3 amide bonds. The molecular formula is C25H24N2O3. The van der Waals surface area contributed by atoms with Crippen molar-refractivity contribution in [2.75, 3.05) is 5.32 Å². The third kappa shape index (κ3) is 2.44. The summed E-state index contributed by atoms with van der Waals surface area (Å²) in [6.45, 7) is 0. The second kappa shape index (κ2) is 6.03. The van der Waals surface area contributed by atoms with Crippen molar-refractivity contribution in [2.24, 2.45) is 17.3 Å². The Morgan fingerprint density at radius 1 is 0.900 bits per heavy atom. The van der Waals surface area contributed by atoms with Gasteiger partial charge >= 0.3 is 0 Å².